The molecular weight excluding hydrogens is 702 g/mol. The molecule has 6 aromatic rings. The highest BCUT2D eigenvalue weighted by Crippen LogP contribution is 2.40. The number of rotatable bonds is 10. The van der Waals surface area contributed by atoms with Crippen LogP contribution in [0.2, 0.25) is 0 Å². The molecule has 272 valence electrons. The van der Waals surface area contributed by atoms with Crippen LogP contribution in [-0.4, -0.2) is 59.7 Å². The van der Waals surface area contributed by atoms with E-state index in [1.807, 2.05) is 0 Å². The summed E-state index contributed by atoms with van der Waals surface area (Å²) in [5, 5.41) is 30.3. The first-order valence-electron chi connectivity index (χ1n) is 15.1. The van der Waals surface area contributed by atoms with Crippen molar-refractivity contribution in [3.63, 3.8) is 0 Å². The molecule has 52 heavy (non-hydrogen) atoms. The van der Waals surface area contributed by atoms with Gasteiger partial charge < -0.3 is 20.2 Å². The van der Waals surface area contributed by atoms with Gasteiger partial charge >= 0.3 is 0 Å². The van der Waals surface area contributed by atoms with Gasteiger partial charge in [0.2, 0.25) is 11.6 Å². The maximum absolute atomic E-state index is 14.4. The van der Waals surface area contributed by atoms with Crippen molar-refractivity contribution in [1.82, 2.24) is 49.5 Å². The van der Waals surface area contributed by atoms with Crippen LogP contribution >= 0.6 is 0 Å². The van der Waals surface area contributed by atoms with E-state index in [2.05, 4.69) is 40.1 Å². The molecule has 0 aliphatic carbocycles. The minimum absolute atomic E-state index is 0.289. The van der Waals surface area contributed by atoms with Crippen molar-refractivity contribution in [1.29, 1.82) is 0 Å². The van der Waals surface area contributed by atoms with Crippen molar-refractivity contribution >= 4 is 0 Å². The van der Waals surface area contributed by atoms with Gasteiger partial charge in [-0.3, -0.25) is 9.59 Å². The zero-order chi connectivity index (χ0) is 37.8. The van der Waals surface area contributed by atoms with Crippen LogP contribution < -0.4 is 11.1 Å². The minimum Gasteiger partial charge on any atom is -0.382 e. The fourth-order valence-corrected chi connectivity index (χ4v) is 5.56. The van der Waals surface area contributed by atoms with Crippen LogP contribution in [0.25, 0.3) is 0 Å². The van der Waals surface area contributed by atoms with Crippen molar-refractivity contribution in [2.75, 3.05) is 0 Å². The highest BCUT2D eigenvalue weighted by Gasteiger charge is 2.43. The molecule has 0 aliphatic rings. The van der Waals surface area contributed by atoms with E-state index in [1.54, 1.807) is 0 Å². The second-order valence-electron chi connectivity index (χ2n) is 11.6. The highest BCUT2D eigenvalue weighted by molar-refractivity contribution is 5.31. The summed E-state index contributed by atoms with van der Waals surface area (Å²) in [4.78, 5) is 42.3. The molecule has 0 spiro atoms. The first-order chi connectivity index (χ1) is 24.7. The first kappa shape index (κ1) is 37.2. The van der Waals surface area contributed by atoms with Gasteiger partial charge in [-0.1, -0.05) is 26.0 Å². The Hall–Kier alpha value is -6.02. The van der Waals surface area contributed by atoms with E-state index in [0.29, 0.717) is 12.1 Å². The van der Waals surface area contributed by atoms with Gasteiger partial charge in [-0.05, 0) is 12.1 Å². The van der Waals surface area contributed by atoms with E-state index in [-0.39, 0.29) is 35.6 Å². The van der Waals surface area contributed by atoms with E-state index >= 15 is 0 Å². The minimum atomic E-state index is -2.09. The summed E-state index contributed by atoms with van der Waals surface area (Å²) in [6.07, 6.45) is 6.93. The number of aromatic nitrogens is 10. The van der Waals surface area contributed by atoms with E-state index in [0.717, 1.165) is 36.9 Å². The van der Waals surface area contributed by atoms with Gasteiger partial charge in [-0.2, -0.15) is 19.0 Å². The van der Waals surface area contributed by atoms with Crippen LogP contribution in [0.15, 0.2) is 84.0 Å². The first-order valence-corrected chi connectivity index (χ1v) is 15.1. The van der Waals surface area contributed by atoms with Gasteiger partial charge in [0.05, 0.1) is 37.1 Å². The fraction of sp³-hybridized carbons (Fsp3) is 0.250. The average molecular weight is 731 g/mol. The van der Waals surface area contributed by atoms with Crippen molar-refractivity contribution < 1.29 is 36.6 Å². The number of hydrogen-bond donors (Lipinski definition) is 4. The SMILES string of the molecule is C[C@@H](c1nc[nH]c(=O)c1F)[C@](O)(Cn1cncn1)c1ccc(F)cc1F.C[C@H](c1nc[nH]c(=O)c1F)[C@@](O)(Cn1cncn1)c1ccc(F)cc1F. The molecule has 0 unspecified atom stereocenters. The molecule has 0 saturated heterocycles. The van der Waals surface area contributed by atoms with Gasteiger partial charge in [0.1, 0.15) is 59.8 Å². The maximum atomic E-state index is 14.4. The molecule has 0 aliphatic heterocycles. The number of nitrogens with zero attached hydrogens (tertiary/aromatic N) is 8. The largest absolute Gasteiger partial charge is 0.382 e. The Morgan fingerprint density at radius 3 is 1.38 bits per heavy atom. The smallest absolute Gasteiger partial charge is 0.287 e. The lowest BCUT2D eigenvalue weighted by Crippen LogP contribution is -2.39. The highest BCUT2D eigenvalue weighted by atomic mass is 19.2. The molecule has 2 aromatic carbocycles. The molecular formula is C32H28F6N10O4. The Balaban J connectivity index is 0.000000201. The fourth-order valence-electron chi connectivity index (χ4n) is 5.56. The third-order valence-electron chi connectivity index (χ3n) is 8.43. The summed E-state index contributed by atoms with van der Waals surface area (Å²) >= 11 is 0. The summed E-state index contributed by atoms with van der Waals surface area (Å²) in [5.41, 5.74) is -7.53. The van der Waals surface area contributed by atoms with E-state index in [1.165, 1.54) is 48.5 Å². The summed E-state index contributed by atoms with van der Waals surface area (Å²) in [6, 6.07) is 5.27. The van der Waals surface area contributed by atoms with Crippen molar-refractivity contribution in [2.24, 2.45) is 0 Å². The standard InChI is InChI=1S/2C16H14F3N5O2/c2*1-9(14-13(19)15(25)22-7-21-14)16(26,5-24-8-20-6-23-24)11-3-2-10(17)4-12(11)18/h2*2-4,6-9,26H,5H2,1H3,(H,21,22,25)/t2*9-,16+/m10/s1. The summed E-state index contributed by atoms with van der Waals surface area (Å²) in [5.74, 6) is -8.44. The van der Waals surface area contributed by atoms with Crippen LogP contribution in [0.4, 0.5) is 26.3 Å². The Kier molecular flexibility index (Phi) is 10.8. The number of aliphatic hydroxyl groups is 2. The topological polar surface area (TPSA) is 193 Å². The molecule has 4 heterocycles. The molecule has 20 heteroatoms. The van der Waals surface area contributed by atoms with Gasteiger partial charge in [-0.15, -0.1) is 0 Å². The molecule has 14 nitrogen and oxygen atoms in total. The lowest BCUT2D eigenvalue weighted by atomic mass is 9.79. The monoisotopic (exact) mass is 730 g/mol. The van der Waals surface area contributed by atoms with E-state index in [9.17, 15) is 46.1 Å². The lowest BCUT2D eigenvalue weighted by Gasteiger charge is -2.34. The van der Waals surface area contributed by atoms with E-state index < -0.39 is 69.1 Å². The Morgan fingerprint density at radius 2 is 1.06 bits per heavy atom. The van der Waals surface area contributed by atoms with E-state index in [4.69, 9.17) is 0 Å². The normalized spacial score (nSPS) is 14.8. The zero-order valence-corrected chi connectivity index (χ0v) is 27.1. The van der Waals surface area contributed by atoms with Gasteiger partial charge in [0, 0.05) is 35.1 Å². The Labute approximate surface area is 288 Å². The zero-order valence-electron chi connectivity index (χ0n) is 27.1. The van der Waals surface area contributed by atoms with Crippen molar-refractivity contribution in [3.8, 4) is 0 Å². The molecule has 0 amide bonds. The molecule has 4 aromatic heterocycles. The molecule has 0 radical (unpaired) electrons. The summed E-state index contributed by atoms with van der Waals surface area (Å²) in [6.45, 7) is 2.10. The number of hydrogen-bond acceptors (Lipinski definition) is 10. The predicted octanol–water partition coefficient (Wildman–Crippen LogP) is 2.94. The van der Waals surface area contributed by atoms with Crippen LogP contribution in [0.1, 0.15) is 48.2 Å². The third kappa shape index (κ3) is 7.51. The van der Waals surface area contributed by atoms with Gasteiger partial charge in [-0.25, -0.2) is 46.9 Å². The second kappa shape index (κ2) is 15.1. The summed E-state index contributed by atoms with van der Waals surface area (Å²) < 4.78 is 86.3. The number of aromatic amines is 2. The Bertz CT molecular complexity index is 2110. The average Bonchev–Trinajstić information content (AvgIpc) is 3.81. The van der Waals surface area contributed by atoms with Crippen molar-refractivity contribution in [3.05, 3.63) is 152 Å². The van der Waals surface area contributed by atoms with Gasteiger partial charge in [0.15, 0.2) is 0 Å². The quantitative estimate of drug-likeness (QED) is 0.152. The van der Waals surface area contributed by atoms with Crippen LogP contribution in [0.3, 0.4) is 0 Å². The van der Waals surface area contributed by atoms with Gasteiger partial charge in [0.25, 0.3) is 11.1 Å². The third-order valence-corrected chi connectivity index (χ3v) is 8.43. The maximum Gasteiger partial charge on any atom is 0.287 e. The number of H-pyrrole nitrogens is 2. The molecule has 4 atom stereocenters. The van der Waals surface area contributed by atoms with Crippen molar-refractivity contribution in [2.45, 2.75) is 50.0 Å². The van der Waals surface area contributed by atoms with Crippen LogP contribution in [0.5, 0.6) is 0 Å². The molecule has 4 N–H and O–H groups in total. The number of benzene rings is 2. The van der Waals surface area contributed by atoms with Crippen LogP contribution in [0, 0.1) is 34.9 Å². The molecule has 6 rings (SSSR count). The van der Waals surface area contributed by atoms with Crippen LogP contribution in [-0.2, 0) is 24.3 Å². The molecule has 0 saturated carbocycles. The Morgan fingerprint density at radius 1 is 0.673 bits per heavy atom. The number of halogens is 6. The predicted molar refractivity (Wildman–Crippen MR) is 167 cm³/mol. The second-order valence-corrected chi connectivity index (χ2v) is 11.6. The molecule has 0 fully saturated rings. The number of nitrogens with one attached hydrogen (secondary N) is 2. The molecule has 0 bridgehead atoms. The summed E-state index contributed by atoms with van der Waals surface area (Å²) in [7, 11) is 0. The lowest BCUT2D eigenvalue weighted by molar-refractivity contribution is -0.0137.